The van der Waals surface area contributed by atoms with Gasteiger partial charge in [0, 0.05) is 10.9 Å². The van der Waals surface area contributed by atoms with Gasteiger partial charge >= 0.3 is 0 Å². The highest BCUT2D eigenvalue weighted by molar-refractivity contribution is 8.02. The van der Waals surface area contributed by atoms with E-state index in [0.29, 0.717) is 17.6 Å². The summed E-state index contributed by atoms with van der Waals surface area (Å²) in [6.07, 6.45) is 1.10. The smallest absolute Gasteiger partial charge is 0.245 e. The highest BCUT2D eigenvalue weighted by atomic mass is 32.2. The zero-order valence-corrected chi connectivity index (χ0v) is 25.1. The number of carbonyl (C=O) groups excluding carboxylic acids is 3. The van der Waals surface area contributed by atoms with Crippen LogP contribution in [-0.4, -0.2) is 71.4 Å². The summed E-state index contributed by atoms with van der Waals surface area (Å²) in [5, 5.41) is 25.1. The highest BCUT2D eigenvalue weighted by Gasteiger charge is 2.76. The van der Waals surface area contributed by atoms with Crippen LogP contribution in [0.1, 0.15) is 18.9 Å². The lowest BCUT2D eigenvalue weighted by Crippen LogP contribution is -2.59. The fraction of sp³-hybridized carbons (Fsp3) is 0.364. The number of carbonyl (C=O) groups is 3. The van der Waals surface area contributed by atoms with E-state index >= 15 is 0 Å². The highest BCUT2D eigenvalue weighted by Crippen LogP contribution is 2.68. The Kier molecular flexibility index (Phi) is 7.37. The molecule has 7 atom stereocenters. The predicted molar refractivity (Wildman–Crippen MR) is 167 cm³/mol. The third kappa shape index (κ3) is 4.57. The van der Waals surface area contributed by atoms with Crippen molar-refractivity contribution in [2.75, 3.05) is 11.9 Å². The Morgan fingerprint density at radius 2 is 1.73 bits per heavy atom. The summed E-state index contributed by atoms with van der Waals surface area (Å²) >= 11 is 1.61. The SMILES string of the molecule is CC1C[C@H]2SC13C(C(=O)NCn1nnc4ccccc41)N([C@@H](CO)Cc1ccccc1)C(=O)[C@@H]3[C@H]2C(=O)Nc1ccccc1. The van der Waals surface area contributed by atoms with Gasteiger partial charge in [0.05, 0.1) is 34.7 Å². The van der Waals surface area contributed by atoms with Crippen LogP contribution in [0.3, 0.4) is 0 Å². The summed E-state index contributed by atoms with van der Waals surface area (Å²) in [6.45, 7) is 1.84. The second kappa shape index (κ2) is 11.4. The van der Waals surface area contributed by atoms with Crippen molar-refractivity contribution in [1.82, 2.24) is 25.2 Å². The van der Waals surface area contributed by atoms with E-state index in [0.717, 1.165) is 17.5 Å². The quantitative estimate of drug-likeness (QED) is 0.266. The molecule has 3 aromatic carbocycles. The van der Waals surface area contributed by atoms with Gasteiger partial charge in [-0.25, -0.2) is 4.68 Å². The minimum Gasteiger partial charge on any atom is -0.394 e. The van der Waals surface area contributed by atoms with Gasteiger partial charge in [-0.3, -0.25) is 14.4 Å². The Balaban J connectivity index is 1.24. The molecular weight excluding hydrogens is 576 g/mol. The number of para-hydroxylation sites is 2. The monoisotopic (exact) mass is 610 g/mol. The van der Waals surface area contributed by atoms with Gasteiger partial charge in [-0.05, 0) is 48.6 Å². The zero-order valence-electron chi connectivity index (χ0n) is 24.2. The molecule has 4 heterocycles. The number of benzene rings is 3. The van der Waals surface area contributed by atoms with E-state index in [-0.39, 0.29) is 42.2 Å². The van der Waals surface area contributed by atoms with Crippen molar-refractivity contribution < 1.29 is 19.5 Å². The van der Waals surface area contributed by atoms with Crippen molar-refractivity contribution >= 4 is 46.2 Å². The maximum absolute atomic E-state index is 14.6. The summed E-state index contributed by atoms with van der Waals surface area (Å²) in [7, 11) is 0. The lowest BCUT2D eigenvalue weighted by molar-refractivity contribution is -0.142. The van der Waals surface area contributed by atoms with Crippen LogP contribution in [0.4, 0.5) is 5.69 Å². The maximum Gasteiger partial charge on any atom is 0.245 e. The number of aliphatic hydroxyl groups excluding tert-OH is 1. The van der Waals surface area contributed by atoms with Crippen molar-refractivity contribution in [3.05, 3.63) is 90.5 Å². The number of hydrogen-bond acceptors (Lipinski definition) is 7. The third-order valence-corrected chi connectivity index (χ3v) is 11.6. The summed E-state index contributed by atoms with van der Waals surface area (Å²) in [4.78, 5) is 44.4. The molecule has 10 nitrogen and oxygen atoms in total. The van der Waals surface area contributed by atoms with Gasteiger partial charge in [0.15, 0.2) is 0 Å². The van der Waals surface area contributed by atoms with Gasteiger partial charge < -0.3 is 20.6 Å². The van der Waals surface area contributed by atoms with Gasteiger partial charge in [0.2, 0.25) is 17.7 Å². The number of nitrogens with zero attached hydrogens (tertiary/aromatic N) is 4. The Labute approximate surface area is 259 Å². The molecule has 0 aliphatic carbocycles. The van der Waals surface area contributed by atoms with E-state index < -0.39 is 28.7 Å². The first-order chi connectivity index (χ1) is 21.4. The molecule has 3 amide bonds. The first-order valence-corrected chi connectivity index (χ1v) is 15.9. The lowest BCUT2D eigenvalue weighted by atomic mass is 9.66. The molecule has 7 rings (SSSR count). The fourth-order valence-corrected chi connectivity index (χ4v) is 10.0. The van der Waals surface area contributed by atoms with E-state index in [1.54, 1.807) is 21.3 Å². The third-order valence-electron chi connectivity index (χ3n) is 9.52. The zero-order chi connectivity index (χ0) is 30.4. The minimum atomic E-state index is -0.879. The standard InChI is InChI=1S/C33H34N6O4S/c1-20-16-26-27(30(41)35-22-12-6-3-7-13-22)28-32(43)39(23(18-40)17-21-10-4-2-5-11-21)29(33(20,28)44-26)31(42)34-19-38-25-15-9-8-14-24(25)36-37-38/h2-15,20,23,26-29,40H,16-19H2,1H3,(H,34,42)(H,35,41)/t20?,23-,26-,27+,28+,29?,33?/m1/s1. The van der Waals surface area contributed by atoms with Crippen LogP contribution in [0.15, 0.2) is 84.9 Å². The van der Waals surface area contributed by atoms with Crippen LogP contribution >= 0.6 is 11.8 Å². The van der Waals surface area contributed by atoms with Gasteiger partial charge in [-0.1, -0.05) is 72.8 Å². The molecule has 11 heteroatoms. The molecule has 3 saturated heterocycles. The van der Waals surface area contributed by atoms with Crippen LogP contribution < -0.4 is 10.6 Å². The Morgan fingerprint density at radius 1 is 1.02 bits per heavy atom. The molecule has 2 bridgehead atoms. The van der Waals surface area contributed by atoms with E-state index in [1.165, 1.54) is 0 Å². The Morgan fingerprint density at radius 3 is 2.48 bits per heavy atom. The Bertz CT molecular complexity index is 1700. The number of thioether (sulfide) groups is 1. The Hall–Kier alpha value is -4.22. The van der Waals surface area contributed by atoms with Crippen molar-refractivity contribution in [2.24, 2.45) is 17.8 Å². The van der Waals surface area contributed by atoms with Crippen molar-refractivity contribution in [3.63, 3.8) is 0 Å². The number of aliphatic hydroxyl groups is 1. The average molecular weight is 611 g/mol. The summed E-state index contributed by atoms with van der Waals surface area (Å²) in [6, 6.07) is 24.9. The van der Waals surface area contributed by atoms with Crippen LogP contribution in [-0.2, 0) is 27.5 Å². The van der Waals surface area contributed by atoms with Gasteiger partial charge in [0.25, 0.3) is 0 Å². The minimum absolute atomic E-state index is 0.00348. The molecule has 44 heavy (non-hydrogen) atoms. The summed E-state index contributed by atoms with van der Waals surface area (Å²) in [5.74, 6) is -2.08. The van der Waals surface area contributed by atoms with Crippen molar-refractivity contribution in [3.8, 4) is 0 Å². The first kappa shape index (κ1) is 28.5. The number of rotatable bonds is 9. The molecular formula is C33H34N6O4S. The number of aromatic nitrogens is 3. The van der Waals surface area contributed by atoms with Crippen molar-refractivity contribution in [1.29, 1.82) is 0 Å². The molecule has 0 saturated carbocycles. The number of anilines is 1. The molecule has 3 aliphatic rings. The summed E-state index contributed by atoms with van der Waals surface area (Å²) < 4.78 is 0.800. The molecule has 0 radical (unpaired) electrons. The molecule has 1 spiro atoms. The maximum atomic E-state index is 14.6. The van der Waals surface area contributed by atoms with E-state index in [2.05, 4.69) is 27.9 Å². The number of hydrogen-bond donors (Lipinski definition) is 3. The van der Waals surface area contributed by atoms with E-state index in [1.807, 2.05) is 84.9 Å². The molecule has 4 aromatic rings. The first-order valence-electron chi connectivity index (χ1n) is 15.0. The molecule has 226 valence electrons. The van der Waals surface area contributed by atoms with E-state index in [9.17, 15) is 19.5 Å². The summed E-state index contributed by atoms with van der Waals surface area (Å²) in [5.41, 5.74) is 3.11. The average Bonchev–Trinajstić information content (AvgIpc) is 3.77. The van der Waals surface area contributed by atoms with E-state index in [4.69, 9.17) is 0 Å². The second-order valence-electron chi connectivity index (χ2n) is 12.0. The lowest BCUT2D eigenvalue weighted by Gasteiger charge is -2.40. The van der Waals surface area contributed by atoms with Gasteiger partial charge in [-0.2, -0.15) is 0 Å². The fourth-order valence-electron chi connectivity index (χ4n) is 7.62. The van der Waals surface area contributed by atoms with Gasteiger partial charge in [0.1, 0.15) is 18.2 Å². The predicted octanol–water partition coefficient (Wildman–Crippen LogP) is 3.08. The second-order valence-corrected chi connectivity index (χ2v) is 13.5. The molecule has 3 fully saturated rings. The van der Waals surface area contributed by atoms with Crippen molar-refractivity contribution in [2.45, 2.75) is 48.5 Å². The number of nitrogens with one attached hydrogen (secondary N) is 2. The molecule has 1 aromatic heterocycles. The number of likely N-dealkylation sites (tertiary alicyclic amines) is 1. The topological polar surface area (TPSA) is 129 Å². The molecule has 3 aliphatic heterocycles. The largest absolute Gasteiger partial charge is 0.394 e. The normalized spacial score (nSPS) is 27.8. The van der Waals surface area contributed by atoms with Crippen LogP contribution in [0, 0.1) is 17.8 Å². The number of fused-ring (bicyclic) bond motifs is 2. The van der Waals surface area contributed by atoms with Crippen LogP contribution in [0.5, 0.6) is 0 Å². The van der Waals surface area contributed by atoms with Gasteiger partial charge in [-0.15, -0.1) is 16.9 Å². The molecule has 3 N–H and O–H groups in total. The van der Waals surface area contributed by atoms with Crippen LogP contribution in [0.2, 0.25) is 0 Å². The number of amides is 3. The molecule has 3 unspecified atom stereocenters. The van der Waals surface area contributed by atoms with Crippen LogP contribution in [0.25, 0.3) is 11.0 Å².